The molecular weight excluding hydrogens is 315 g/mol. The Morgan fingerprint density at radius 3 is 2.48 bits per heavy atom. The summed E-state index contributed by atoms with van der Waals surface area (Å²) >= 11 is 12.1. The molecule has 0 unspecified atom stereocenters. The summed E-state index contributed by atoms with van der Waals surface area (Å²) in [6, 6.07) is 9.50. The summed E-state index contributed by atoms with van der Waals surface area (Å²) in [5.41, 5.74) is 7.00. The molecule has 0 atom stereocenters. The highest BCUT2D eigenvalue weighted by Gasteiger charge is 2.10. The number of ether oxygens (including phenoxy) is 1. The summed E-state index contributed by atoms with van der Waals surface area (Å²) < 4.78 is 5.58. The van der Waals surface area contributed by atoms with Crippen LogP contribution in [0.15, 0.2) is 36.4 Å². The predicted molar refractivity (Wildman–Crippen MR) is 81.8 cm³/mol. The van der Waals surface area contributed by atoms with Crippen LogP contribution in [0.2, 0.25) is 10.0 Å². The van der Waals surface area contributed by atoms with Crippen LogP contribution in [0.3, 0.4) is 0 Å². The molecule has 2 aromatic rings. The molecule has 0 aliphatic heterocycles. The average molecular weight is 327 g/mol. The highest BCUT2D eigenvalue weighted by molar-refractivity contribution is 6.32. The second-order valence-electron chi connectivity index (χ2n) is 4.29. The molecule has 0 aliphatic carbocycles. The summed E-state index contributed by atoms with van der Waals surface area (Å²) in [5, 5.41) is 11.4. The Hall–Kier alpha value is -1.82. The first-order valence-corrected chi connectivity index (χ1v) is 6.81. The van der Waals surface area contributed by atoms with Gasteiger partial charge in [0.25, 0.3) is 5.69 Å². The van der Waals surface area contributed by atoms with E-state index in [1.54, 1.807) is 18.2 Å². The Kier molecular flexibility index (Phi) is 5.01. The van der Waals surface area contributed by atoms with Crippen molar-refractivity contribution in [3.05, 3.63) is 67.7 Å². The van der Waals surface area contributed by atoms with Crippen LogP contribution in [0.5, 0.6) is 5.75 Å². The normalized spacial score (nSPS) is 10.4. The molecule has 21 heavy (non-hydrogen) atoms. The Morgan fingerprint density at radius 1 is 1.14 bits per heavy atom. The number of non-ortho nitro benzene ring substituents is 1. The van der Waals surface area contributed by atoms with E-state index in [1.807, 2.05) is 6.07 Å². The van der Waals surface area contributed by atoms with Crippen molar-refractivity contribution in [1.82, 2.24) is 0 Å². The zero-order valence-corrected chi connectivity index (χ0v) is 12.4. The maximum atomic E-state index is 10.6. The third-order valence-electron chi connectivity index (χ3n) is 2.86. The van der Waals surface area contributed by atoms with E-state index < -0.39 is 4.92 Å². The van der Waals surface area contributed by atoms with Crippen molar-refractivity contribution in [2.24, 2.45) is 5.73 Å². The van der Waals surface area contributed by atoms with Gasteiger partial charge in [0.1, 0.15) is 12.4 Å². The number of hydrogen-bond acceptors (Lipinski definition) is 4. The van der Waals surface area contributed by atoms with Gasteiger partial charge < -0.3 is 10.5 Å². The van der Waals surface area contributed by atoms with E-state index in [2.05, 4.69) is 0 Å². The van der Waals surface area contributed by atoms with Crippen molar-refractivity contribution >= 4 is 28.9 Å². The van der Waals surface area contributed by atoms with Crippen LogP contribution < -0.4 is 10.5 Å². The van der Waals surface area contributed by atoms with Crippen molar-refractivity contribution < 1.29 is 9.66 Å². The van der Waals surface area contributed by atoms with Gasteiger partial charge in [0.15, 0.2) is 0 Å². The van der Waals surface area contributed by atoms with Crippen LogP contribution in [0.1, 0.15) is 11.1 Å². The number of nitrogens with zero attached hydrogens (tertiary/aromatic N) is 1. The van der Waals surface area contributed by atoms with Crippen LogP contribution in [0, 0.1) is 10.1 Å². The molecule has 110 valence electrons. The fourth-order valence-corrected chi connectivity index (χ4v) is 2.20. The molecule has 2 aromatic carbocycles. The van der Waals surface area contributed by atoms with Gasteiger partial charge >= 0.3 is 0 Å². The molecule has 0 saturated heterocycles. The van der Waals surface area contributed by atoms with Crippen molar-refractivity contribution in [2.75, 3.05) is 0 Å². The van der Waals surface area contributed by atoms with Gasteiger partial charge in [-0.2, -0.15) is 0 Å². The molecule has 0 aromatic heterocycles. The maximum absolute atomic E-state index is 10.6. The summed E-state index contributed by atoms with van der Waals surface area (Å²) in [6.45, 7) is 0.562. The molecule has 0 aliphatic rings. The summed E-state index contributed by atoms with van der Waals surface area (Å²) in [5.74, 6) is 0.503. The van der Waals surface area contributed by atoms with Gasteiger partial charge in [-0.15, -0.1) is 0 Å². The smallest absolute Gasteiger partial charge is 0.270 e. The van der Waals surface area contributed by atoms with E-state index in [1.165, 1.54) is 12.1 Å². The summed E-state index contributed by atoms with van der Waals surface area (Å²) in [4.78, 5) is 10.1. The first-order valence-electron chi connectivity index (χ1n) is 6.05. The maximum Gasteiger partial charge on any atom is 0.270 e. The van der Waals surface area contributed by atoms with Gasteiger partial charge in [-0.3, -0.25) is 10.1 Å². The van der Waals surface area contributed by atoms with E-state index >= 15 is 0 Å². The number of hydrogen-bond donors (Lipinski definition) is 1. The first kappa shape index (κ1) is 15.6. The molecule has 0 heterocycles. The fraction of sp³-hybridized carbons (Fsp3) is 0.143. The lowest BCUT2D eigenvalue weighted by Crippen LogP contribution is -2.00. The molecule has 2 N–H and O–H groups in total. The van der Waals surface area contributed by atoms with Crippen LogP contribution in [-0.2, 0) is 13.2 Å². The lowest BCUT2D eigenvalue weighted by Gasteiger charge is -2.10. The third-order valence-corrected chi connectivity index (χ3v) is 3.51. The van der Waals surface area contributed by atoms with E-state index in [9.17, 15) is 10.1 Å². The Labute approximate surface area is 131 Å². The Morgan fingerprint density at radius 2 is 1.90 bits per heavy atom. The molecule has 7 heteroatoms. The SMILES string of the molecule is NCc1ccc(OCc2ccc([N+](=O)[O-])cc2Cl)c(Cl)c1. The lowest BCUT2D eigenvalue weighted by molar-refractivity contribution is -0.384. The van der Waals surface area contributed by atoms with E-state index in [4.69, 9.17) is 33.7 Å². The van der Waals surface area contributed by atoms with E-state index in [0.29, 0.717) is 22.9 Å². The molecule has 0 saturated carbocycles. The first-order chi connectivity index (χ1) is 10.0. The molecule has 0 spiro atoms. The van der Waals surface area contributed by atoms with Gasteiger partial charge in [-0.1, -0.05) is 29.3 Å². The van der Waals surface area contributed by atoms with Gasteiger partial charge in [-0.25, -0.2) is 0 Å². The Bertz CT molecular complexity index is 677. The molecule has 2 rings (SSSR count). The highest BCUT2D eigenvalue weighted by atomic mass is 35.5. The minimum absolute atomic E-state index is 0.0610. The van der Waals surface area contributed by atoms with Crippen LogP contribution >= 0.6 is 23.2 Å². The number of benzene rings is 2. The summed E-state index contributed by atoms with van der Waals surface area (Å²) in [7, 11) is 0. The standard InChI is InChI=1S/C14H12Cl2N2O3/c15-12-6-11(18(19)20)3-2-10(12)8-21-14-4-1-9(7-17)5-13(14)16/h1-6H,7-8,17H2. The minimum Gasteiger partial charge on any atom is -0.487 e. The van der Waals surface area contributed by atoms with Crippen LogP contribution in [0.4, 0.5) is 5.69 Å². The zero-order valence-electron chi connectivity index (χ0n) is 10.9. The second kappa shape index (κ2) is 6.76. The zero-order chi connectivity index (χ0) is 15.4. The highest BCUT2D eigenvalue weighted by Crippen LogP contribution is 2.28. The van der Waals surface area contributed by atoms with Gasteiger partial charge in [0.2, 0.25) is 0 Å². The molecule has 0 amide bonds. The predicted octanol–water partition coefficient (Wildman–Crippen LogP) is 3.94. The fourth-order valence-electron chi connectivity index (χ4n) is 1.71. The van der Waals surface area contributed by atoms with E-state index in [-0.39, 0.29) is 17.3 Å². The topological polar surface area (TPSA) is 78.4 Å². The Balaban J connectivity index is 2.11. The molecule has 5 nitrogen and oxygen atoms in total. The van der Waals surface area contributed by atoms with Crippen molar-refractivity contribution in [2.45, 2.75) is 13.2 Å². The number of nitro benzene ring substituents is 1. The minimum atomic E-state index is -0.501. The number of nitro groups is 1. The molecular formula is C14H12Cl2N2O3. The summed E-state index contributed by atoms with van der Waals surface area (Å²) in [6.07, 6.45) is 0. The van der Waals surface area contributed by atoms with Crippen molar-refractivity contribution in [3.63, 3.8) is 0 Å². The molecule has 0 bridgehead atoms. The lowest BCUT2D eigenvalue weighted by atomic mass is 10.2. The molecule has 0 radical (unpaired) electrons. The van der Waals surface area contributed by atoms with E-state index in [0.717, 1.165) is 5.56 Å². The molecule has 0 fully saturated rings. The quantitative estimate of drug-likeness (QED) is 0.666. The third kappa shape index (κ3) is 3.85. The number of halogens is 2. The van der Waals surface area contributed by atoms with Gasteiger partial charge in [-0.05, 0) is 23.8 Å². The number of rotatable bonds is 5. The number of nitrogens with two attached hydrogens (primary N) is 1. The van der Waals surface area contributed by atoms with Crippen molar-refractivity contribution in [3.8, 4) is 5.75 Å². The van der Waals surface area contributed by atoms with Crippen LogP contribution in [-0.4, -0.2) is 4.92 Å². The van der Waals surface area contributed by atoms with Crippen LogP contribution in [0.25, 0.3) is 0 Å². The second-order valence-corrected chi connectivity index (χ2v) is 5.10. The van der Waals surface area contributed by atoms with Gasteiger partial charge in [0, 0.05) is 24.2 Å². The van der Waals surface area contributed by atoms with Crippen molar-refractivity contribution in [1.29, 1.82) is 0 Å². The van der Waals surface area contributed by atoms with Gasteiger partial charge in [0.05, 0.1) is 15.0 Å². The largest absolute Gasteiger partial charge is 0.487 e. The monoisotopic (exact) mass is 326 g/mol. The average Bonchev–Trinajstić information content (AvgIpc) is 2.46.